The summed E-state index contributed by atoms with van der Waals surface area (Å²) in [4.78, 5) is 10.5. The summed E-state index contributed by atoms with van der Waals surface area (Å²) in [6.45, 7) is -0.874. The smallest absolute Gasteiger partial charge is 0.403 e. The van der Waals surface area contributed by atoms with Crippen molar-refractivity contribution in [2.24, 2.45) is 5.92 Å². The minimum Gasteiger partial charge on any atom is -0.494 e. The fourth-order valence-electron chi connectivity index (χ4n) is 1.37. The number of anilines is 1. The van der Waals surface area contributed by atoms with Crippen LogP contribution in [0.3, 0.4) is 0 Å². The number of hydrogen-bond acceptors (Lipinski definition) is 3. The Hall–Kier alpha value is -1.99. The van der Waals surface area contributed by atoms with Crippen LogP contribution in [0, 0.1) is 11.7 Å². The van der Waals surface area contributed by atoms with E-state index in [1.807, 2.05) is 0 Å². The summed E-state index contributed by atoms with van der Waals surface area (Å²) in [5, 5.41) is 10.8. The van der Waals surface area contributed by atoms with Crippen LogP contribution in [0.4, 0.5) is 23.2 Å². The van der Waals surface area contributed by atoms with Gasteiger partial charge in [-0.2, -0.15) is 13.2 Å². The van der Waals surface area contributed by atoms with Crippen molar-refractivity contribution in [2.75, 3.05) is 19.0 Å². The zero-order valence-corrected chi connectivity index (χ0v) is 9.79. The Kier molecular flexibility index (Phi) is 4.57. The van der Waals surface area contributed by atoms with Crippen molar-refractivity contribution >= 4 is 11.7 Å². The van der Waals surface area contributed by atoms with E-state index in [-0.39, 0.29) is 11.4 Å². The number of carbonyl (C=O) groups is 1. The third-order valence-electron chi connectivity index (χ3n) is 2.35. The second kappa shape index (κ2) is 5.77. The number of alkyl halides is 3. The molecule has 0 amide bonds. The van der Waals surface area contributed by atoms with Gasteiger partial charge in [-0.3, -0.25) is 4.79 Å². The minimum atomic E-state index is -4.87. The standard InChI is InChI=1S/C11H11F4NO3/c1-19-9-4-6(12)2-3-8(9)16-5-7(10(17)18)11(13,14)15/h2-4,7,16H,5H2,1H3,(H,17,18). The molecule has 0 radical (unpaired) electrons. The predicted molar refractivity (Wildman–Crippen MR) is 58.6 cm³/mol. The van der Waals surface area contributed by atoms with Crippen molar-refractivity contribution in [1.29, 1.82) is 0 Å². The largest absolute Gasteiger partial charge is 0.494 e. The van der Waals surface area contributed by atoms with Crippen LogP contribution in [0.2, 0.25) is 0 Å². The van der Waals surface area contributed by atoms with Gasteiger partial charge in [-0.1, -0.05) is 0 Å². The van der Waals surface area contributed by atoms with Crippen molar-refractivity contribution in [2.45, 2.75) is 6.18 Å². The summed E-state index contributed by atoms with van der Waals surface area (Å²) in [6, 6.07) is 3.17. The Balaban J connectivity index is 2.83. The summed E-state index contributed by atoms with van der Waals surface area (Å²) in [5.41, 5.74) is 0.0828. The number of methoxy groups -OCH3 is 1. The number of nitrogens with one attached hydrogen (secondary N) is 1. The highest BCUT2D eigenvalue weighted by Crippen LogP contribution is 2.29. The monoisotopic (exact) mass is 281 g/mol. The lowest BCUT2D eigenvalue weighted by atomic mass is 10.1. The molecule has 0 saturated heterocycles. The fraction of sp³-hybridized carbons (Fsp3) is 0.364. The number of hydrogen-bond donors (Lipinski definition) is 2. The molecule has 1 aromatic carbocycles. The highest BCUT2D eigenvalue weighted by Gasteiger charge is 2.44. The van der Waals surface area contributed by atoms with Crippen LogP contribution in [-0.4, -0.2) is 30.9 Å². The number of aliphatic carboxylic acids is 1. The number of carboxylic acid groups (broad SMARTS) is 1. The summed E-state index contributed by atoms with van der Waals surface area (Å²) >= 11 is 0. The molecule has 1 unspecified atom stereocenters. The molecule has 1 rings (SSSR count). The van der Waals surface area contributed by atoms with Gasteiger partial charge < -0.3 is 15.2 Å². The highest BCUT2D eigenvalue weighted by atomic mass is 19.4. The average molecular weight is 281 g/mol. The first-order chi connectivity index (χ1) is 8.75. The van der Waals surface area contributed by atoms with Crippen LogP contribution in [-0.2, 0) is 4.79 Å². The fourth-order valence-corrected chi connectivity index (χ4v) is 1.37. The van der Waals surface area contributed by atoms with Crippen molar-refractivity contribution in [3.8, 4) is 5.75 Å². The van der Waals surface area contributed by atoms with E-state index in [2.05, 4.69) is 5.32 Å². The van der Waals surface area contributed by atoms with E-state index in [1.165, 1.54) is 13.2 Å². The van der Waals surface area contributed by atoms with Gasteiger partial charge in [0.05, 0.1) is 12.8 Å². The van der Waals surface area contributed by atoms with E-state index in [1.54, 1.807) is 0 Å². The van der Waals surface area contributed by atoms with Crippen LogP contribution in [0.5, 0.6) is 5.75 Å². The maximum Gasteiger partial charge on any atom is 0.403 e. The normalized spacial score (nSPS) is 12.9. The summed E-state index contributed by atoms with van der Waals surface area (Å²) < 4.78 is 54.9. The Labute approximate surface area is 106 Å². The van der Waals surface area contributed by atoms with Gasteiger partial charge in [0.1, 0.15) is 11.6 Å². The van der Waals surface area contributed by atoms with Crippen molar-refractivity contribution in [3.63, 3.8) is 0 Å². The molecule has 0 fully saturated rings. The highest BCUT2D eigenvalue weighted by molar-refractivity contribution is 5.72. The van der Waals surface area contributed by atoms with E-state index in [4.69, 9.17) is 9.84 Å². The summed E-state index contributed by atoms with van der Waals surface area (Å²) in [7, 11) is 1.22. The maximum absolute atomic E-state index is 12.9. The second-order valence-corrected chi connectivity index (χ2v) is 3.66. The third kappa shape index (κ3) is 4.01. The van der Waals surface area contributed by atoms with Crippen LogP contribution >= 0.6 is 0 Å². The third-order valence-corrected chi connectivity index (χ3v) is 2.35. The zero-order chi connectivity index (χ0) is 14.6. The molecule has 0 spiro atoms. The molecule has 0 aromatic heterocycles. The quantitative estimate of drug-likeness (QED) is 0.814. The number of carboxylic acids is 1. The molecule has 0 aliphatic carbocycles. The van der Waals surface area contributed by atoms with E-state index >= 15 is 0 Å². The minimum absolute atomic E-state index is 0.00804. The van der Waals surface area contributed by atoms with E-state index in [0.29, 0.717) is 0 Å². The van der Waals surface area contributed by atoms with Gasteiger partial charge in [0.25, 0.3) is 0 Å². The number of halogens is 4. The number of rotatable bonds is 5. The first kappa shape index (κ1) is 15.1. The van der Waals surface area contributed by atoms with E-state index < -0.39 is 30.4 Å². The van der Waals surface area contributed by atoms with Crippen molar-refractivity contribution in [1.82, 2.24) is 0 Å². The van der Waals surface area contributed by atoms with Crippen LogP contribution in [0.15, 0.2) is 18.2 Å². The van der Waals surface area contributed by atoms with Gasteiger partial charge in [-0.05, 0) is 12.1 Å². The van der Waals surface area contributed by atoms with Crippen molar-refractivity contribution in [3.05, 3.63) is 24.0 Å². The molecule has 19 heavy (non-hydrogen) atoms. The Morgan fingerprint density at radius 2 is 2.11 bits per heavy atom. The Morgan fingerprint density at radius 1 is 1.47 bits per heavy atom. The van der Waals surface area contributed by atoms with Gasteiger partial charge >= 0.3 is 12.1 Å². The topological polar surface area (TPSA) is 58.6 Å². The molecule has 106 valence electrons. The second-order valence-electron chi connectivity index (χ2n) is 3.66. The first-order valence-electron chi connectivity index (χ1n) is 5.12. The van der Waals surface area contributed by atoms with Crippen LogP contribution in [0.1, 0.15) is 0 Å². The van der Waals surface area contributed by atoms with Crippen LogP contribution in [0.25, 0.3) is 0 Å². The Morgan fingerprint density at radius 3 is 2.58 bits per heavy atom. The molecule has 0 saturated carbocycles. The van der Waals surface area contributed by atoms with Crippen molar-refractivity contribution < 1.29 is 32.2 Å². The molecule has 0 aliphatic rings. The van der Waals surface area contributed by atoms with Gasteiger partial charge in [-0.25, -0.2) is 4.39 Å². The summed E-state index contributed by atoms with van der Waals surface area (Å²) in [6.07, 6.45) is -4.87. The number of benzene rings is 1. The predicted octanol–water partition coefficient (Wildman–Crippen LogP) is 2.51. The number of ether oxygens (including phenoxy) is 1. The van der Waals surface area contributed by atoms with Crippen LogP contribution < -0.4 is 10.1 Å². The molecular formula is C11H11F4NO3. The van der Waals surface area contributed by atoms with Gasteiger partial charge in [-0.15, -0.1) is 0 Å². The maximum atomic E-state index is 12.9. The summed E-state index contributed by atoms with van der Waals surface area (Å²) in [5.74, 6) is -5.16. The lowest BCUT2D eigenvalue weighted by Gasteiger charge is -2.18. The van der Waals surface area contributed by atoms with Gasteiger partial charge in [0.2, 0.25) is 0 Å². The molecule has 0 aliphatic heterocycles. The molecule has 2 N–H and O–H groups in total. The molecule has 1 atom stereocenters. The molecule has 8 heteroatoms. The van der Waals surface area contributed by atoms with Gasteiger partial charge in [0, 0.05) is 12.6 Å². The average Bonchev–Trinajstić information content (AvgIpc) is 2.28. The first-order valence-corrected chi connectivity index (χ1v) is 5.12. The lowest BCUT2D eigenvalue weighted by molar-refractivity contribution is -0.190. The zero-order valence-electron chi connectivity index (χ0n) is 9.79. The molecule has 1 aromatic rings. The molecule has 0 bridgehead atoms. The van der Waals surface area contributed by atoms with E-state index in [0.717, 1.165) is 12.1 Å². The lowest BCUT2D eigenvalue weighted by Crippen LogP contribution is -2.36. The SMILES string of the molecule is COc1cc(F)ccc1NCC(C(=O)O)C(F)(F)F. The van der Waals surface area contributed by atoms with Gasteiger partial charge in [0.15, 0.2) is 5.92 Å². The molecular weight excluding hydrogens is 270 g/mol. The Bertz CT molecular complexity index is 462. The molecule has 0 heterocycles. The molecule has 4 nitrogen and oxygen atoms in total. The van der Waals surface area contributed by atoms with E-state index in [9.17, 15) is 22.4 Å².